The van der Waals surface area contributed by atoms with Crippen LogP contribution in [-0.4, -0.2) is 13.1 Å². The SMILES string of the molecule is C=C(C(=O)OC)C12CC3CC(CC(C3)C1)C2. The first-order chi connectivity index (χ1) is 7.63. The second-order valence-electron chi connectivity index (χ2n) is 6.17. The third-order valence-corrected chi connectivity index (χ3v) is 5.11. The van der Waals surface area contributed by atoms with E-state index in [2.05, 4.69) is 6.58 Å². The molecule has 0 aromatic rings. The third kappa shape index (κ3) is 1.35. The van der Waals surface area contributed by atoms with Crippen LogP contribution in [0.3, 0.4) is 0 Å². The van der Waals surface area contributed by atoms with Gasteiger partial charge in [0, 0.05) is 11.0 Å². The van der Waals surface area contributed by atoms with Crippen molar-refractivity contribution in [3.8, 4) is 0 Å². The summed E-state index contributed by atoms with van der Waals surface area (Å²) in [5.74, 6) is 2.38. The lowest BCUT2D eigenvalue weighted by molar-refractivity contribution is -0.139. The molecule has 0 saturated heterocycles. The van der Waals surface area contributed by atoms with Gasteiger partial charge in [-0.25, -0.2) is 4.79 Å². The van der Waals surface area contributed by atoms with E-state index < -0.39 is 0 Å². The van der Waals surface area contributed by atoms with Crippen LogP contribution in [0.15, 0.2) is 12.2 Å². The van der Waals surface area contributed by atoms with Crippen molar-refractivity contribution in [2.45, 2.75) is 38.5 Å². The Hall–Kier alpha value is -0.790. The van der Waals surface area contributed by atoms with Crippen LogP contribution in [0.25, 0.3) is 0 Å². The maximum Gasteiger partial charge on any atom is 0.333 e. The largest absolute Gasteiger partial charge is 0.466 e. The first-order valence-corrected chi connectivity index (χ1v) is 6.40. The summed E-state index contributed by atoms with van der Waals surface area (Å²) >= 11 is 0. The molecule has 4 bridgehead atoms. The van der Waals surface area contributed by atoms with Crippen LogP contribution in [-0.2, 0) is 9.53 Å². The number of hydrogen-bond acceptors (Lipinski definition) is 2. The predicted octanol–water partition coefficient (Wildman–Crippen LogP) is 2.93. The Morgan fingerprint density at radius 3 is 1.94 bits per heavy atom. The van der Waals surface area contributed by atoms with E-state index in [1.54, 1.807) is 0 Å². The number of methoxy groups -OCH3 is 1. The normalized spacial score (nSPS) is 44.4. The number of carbonyl (C=O) groups excluding carboxylic acids is 1. The molecule has 4 aliphatic rings. The predicted molar refractivity (Wildman–Crippen MR) is 61.8 cm³/mol. The van der Waals surface area contributed by atoms with Crippen LogP contribution in [0, 0.1) is 23.2 Å². The highest BCUT2D eigenvalue weighted by atomic mass is 16.5. The van der Waals surface area contributed by atoms with Gasteiger partial charge < -0.3 is 4.74 Å². The standard InChI is InChI=1S/C14H20O2/c1-9(13(15)16-2)14-6-10-3-11(7-14)5-12(4-10)8-14/h10-12H,1,3-8H2,2H3. The molecule has 0 N–H and O–H groups in total. The third-order valence-electron chi connectivity index (χ3n) is 5.11. The first-order valence-electron chi connectivity index (χ1n) is 6.40. The molecule has 2 nitrogen and oxygen atoms in total. The summed E-state index contributed by atoms with van der Waals surface area (Å²) in [4.78, 5) is 11.7. The van der Waals surface area contributed by atoms with Gasteiger partial charge in [0.2, 0.25) is 0 Å². The summed E-state index contributed by atoms with van der Waals surface area (Å²) < 4.78 is 4.86. The minimum absolute atomic E-state index is 0.113. The molecule has 0 amide bonds. The van der Waals surface area contributed by atoms with E-state index in [1.165, 1.54) is 45.6 Å². The molecule has 0 aromatic heterocycles. The molecule has 0 radical (unpaired) electrons. The number of esters is 1. The maximum atomic E-state index is 11.7. The van der Waals surface area contributed by atoms with Crippen LogP contribution in [0.5, 0.6) is 0 Å². The second-order valence-corrected chi connectivity index (χ2v) is 6.17. The molecule has 0 spiro atoms. The smallest absolute Gasteiger partial charge is 0.333 e. The fraction of sp³-hybridized carbons (Fsp3) is 0.786. The number of hydrogen-bond donors (Lipinski definition) is 0. The Morgan fingerprint density at radius 2 is 1.56 bits per heavy atom. The van der Waals surface area contributed by atoms with E-state index in [0.717, 1.165) is 23.3 Å². The molecule has 0 aliphatic heterocycles. The van der Waals surface area contributed by atoms with Crippen LogP contribution in [0.2, 0.25) is 0 Å². The fourth-order valence-corrected chi connectivity index (χ4v) is 4.82. The second kappa shape index (κ2) is 3.35. The van der Waals surface area contributed by atoms with E-state index in [-0.39, 0.29) is 11.4 Å². The fourth-order valence-electron chi connectivity index (χ4n) is 4.82. The van der Waals surface area contributed by atoms with E-state index >= 15 is 0 Å². The van der Waals surface area contributed by atoms with E-state index in [9.17, 15) is 4.79 Å². The first kappa shape index (κ1) is 10.4. The van der Waals surface area contributed by atoms with Crippen molar-refractivity contribution >= 4 is 5.97 Å². The van der Waals surface area contributed by atoms with Gasteiger partial charge in [-0.1, -0.05) is 6.58 Å². The van der Waals surface area contributed by atoms with Gasteiger partial charge in [-0.15, -0.1) is 0 Å². The van der Waals surface area contributed by atoms with Gasteiger partial charge in [-0.2, -0.15) is 0 Å². The summed E-state index contributed by atoms with van der Waals surface area (Å²) in [5.41, 5.74) is 0.871. The lowest BCUT2D eigenvalue weighted by Gasteiger charge is -2.57. The van der Waals surface area contributed by atoms with Crippen molar-refractivity contribution in [3.63, 3.8) is 0 Å². The molecule has 4 fully saturated rings. The molecule has 16 heavy (non-hydrogen) atoms. The van der Waals surface area contributed by atoms with E-state index in [0.29, 0.717) is 0 Å². The Labute approximate surface area is 97.1 Å². The van der Waals surface area contributed by atoms with Crippen LogP contribution in [0.4, 0.5) is 0 Å². The number of carbonyl (C=O) groups is 1. The summed E-state index contributed by atoms with van der Waals surface area (Å²) in [5, 5.41) is 0. The Balaban J connectivity index is 1.88. The summed E-state index contributed by atoms with van der Waals surface area (Å²) in [6.07, 6.45) is 7.75. The minimum Gasteiger partial charge on any atom is -0.466 e. The maximum absolute atomic E-state index is 11.7. The van der Waals surface area contributed by atoms with Gasteiger partial charge in [-0.3, -0.25) is 0 Å². The van der Waals surface area contributed by atoms with Gasteiger partial charge in [0.05, 0.1) is 7.11 Å². The lowest BCUT2D eigenvalue weighted by Crippen LogP contribution is -2.48. The average molecular weight is 220 g/mol. The van der Waals surface area contributed by atoms with Crippen molar-refractivity contribution in [1.82, 2.24) is 0 Å². The number of rotatable bonds is 2. The molecular weight excluding hydrogens is 200 g/mol. The molecule has 4 aliphatic carbocycles. The van der Waals surface area contributed by atoms with Crippen molar-refractivity contribution in [2.24, 2.45) is 23.2 Å². The molecular formula is C14H20O2. The Morgan fingerprint density at radius 1 is 1.12 bits per heavy atom. The summed E-state index contributed by atoms with van der Waals surface area (Å²) in [7, 11) is 1.47. The van der Waals surface area contributed by atoms with Gasteiger partial charge >= 0.3 is 5.97 Å². The molecule has 0 aromatic carbocycles. The van der Waals surface area contributed by atoms with Crippen molar-refractivity contribution in [2.75, 3.05) is 7.11 Å². The Bertz CT molecular complexity index is 307. The highest BCUT2D eigenvalue weighted by Crippen LogP contribution is 2.62. The van der Waals surface area contributed by atoms with Crippen molar-refractivity contribution in [1.29, 1.82) is 0 Å². The van der Waals surface area contributed by atoms with Gasteiger partial charge in [0.1, 0.15) is 0 Å². The highest BCUT2D eigenvalue weighted by molar-refractivity contribution is 5.89. The molecule has 0 heterocycles. The zero-order chi connectivity index (χ0) is 11.3. The molecule has 4 saturated carbocycles. The zero-order valence-electron chi connectivity index (χ0n) is 10.00. The van der Waals surface area contributed by atoms with E-state index in [4.69, 9.17) is 4.74 Å². The molecule has 88 valence electrons. The summed E-state index contributed by atoms with van der Waals surface area (Å²) in [6, 6.07) is 0. The van der Waals surface area contributed by atoms with Crippen molar-refractivity contribution < 1.29 is 9.53 Å². The van der Waals surface area contributed by atoms with Crippen molar-refractivity contribution in [3.05, 3.63) is 12.2 Å². The van der Waals surface area contributed by atoms with Crippen LogP contribution < -0.4 is 0 Å². The minimum atomic E-state index is -0.179. The topological polar surface area (TPSA) is 26.3 Å². The van der Waals surface area contributed by atoms with Gasteiger partial charge in [-0.05, 0) is 56.3 Å². The van der Waals surface area contributed by atoms with E-state index in [1.807, 2.05) is 0 Å². The quantitative estimate of drug-likeness (QED) is 0.528. The zero-order valence-corrected chi connectivity index (χ0v) is 10.00. The summed E-state index contributed by atoms with van der Waals surface area (Å²) in [6.45, 7) is 4.04. The van der Waals surface area contributed by atoms with Gasteiger partial charge in [0.25, 0.3) is 0 Å². The lowest BCUT2D eigenvalue weighted by atomic mass is 9.48. The average Bonchev–Trinajstić information content (AvgIpc) is 2.25. The van der Waals surface area contributed by atoms with Crippen LogP contribution in [0.1, 0.15) is 38.5 Å². The van der Waals surface area contributed by atoms with Crippen LogP contribution >= 0.6 is 0 Å². The Kier molecular flexibility index (Phi) is 2.17. The molecule has 4 rings (SSSR count). The molecule has 0 atom stereocenters. The molecule has 0 unspecified atom stereocenters. The number of ether oxygens (including phenoxy) is 1. The van der Waals surface area contributed by atoms with Gasteiger partial charge in [0.15, 0.2) is 0 Å². The monoisotopic (exact) mass is 220 g/mol. The molecule has 2 heteroatoms. The highest BCUT2D eigenvalue weighted by Gasteiger charge is 2.53.